The Labute approximate surface area is 392 Å². The first-order chi connectivity index (χ1) is 31.3. The van der Waals surface area contributed by atoms with Crippen LogP contribution >= 0.6 is 0 Å². The molecule has 19 nitrogen and oxygen atoms in total. The highest BCUT2D eigenvalue weighted by Gasteiger charge is 2.71. The molecule has 0 unspecified atom stereocenters. The first kappa shape index (κ1) is 51.9. The second kappa shape index (κ2) is 18.2. The molecule has 0 aromatic heterocycles. The first-order valence-electron chi connectivity index (χ1n) is 24.4. The summed E-state index contributed by atoms with van der Waals surface area (Å²) in [5.74, 6) is -1.39. The predicted octanol–water partition coefficient (Wildman–Crippen LogP) is -0.323. The van der Waals surface area contributed by atoms with Crippen LogP contribution in [-0.2, 0) is 33.2 Å². The average molecular weight is 959 g/mol. The summed E-state index contributed by atoms with van der Waals surface area (Å²) < 4.78 is 36.3. The molecular weight excluding hydrogens is 881 g/mol. The third kappa shape index (κ3) is 8.01. The summed E-state index contributed by atoms with van der Waals surface area (Å²) in [6, 6.07) is 0. The van der Waals surface area contributed by atoms with Crippen molar-refractivity contribution in [3.63, 3.8) is 0 Å². The Kier molecular flexibility index (Phi) is 14.1. The van der Waals surface area contributed by atoms with Crippen LogP contribution in [0.15, 0.2) is 11.6 Å². The number of aliphatic hydroxyl groups is 11. The molecule has 0 aromatic rings. The monoisotopic (exact) mass is 959 g/mol. The summed E-state index contributed by atoms with van der Waals surface area (Å²) >= 11 is 0. The largest absolute Gasteiger partial charge is 0.479 e. The van der Waals surface area contributed by atoms with E-state index < -0.39 is 133 Å². The van der Waals surface area contributed by atoms with Gasteiger partial charge in [-0.05, 0) is 104 Å². The molecule has 3 saturated heterocycles. The van der Waals surface area contributed by atoms with Gasteiger partial charge in [-0.2, -0.15) is 0 Å². The van der Waals surface area contributed by atoms with E-state index in [1.807, 2.05) is 0 Å². The molecule has 8 aliphatic rings. The van der Waals surface area contributed by atoms with Crippen molar-refractivity contribution < 1.29 is 94.5 Å². The predicted molar refractivity (Wildman–Crippen MR) is 232 cm³/mol. The minimum absolute atomic E-state index is 0.0229. The van der Waals surface area contributed by atoms with Crippen molar-refractivity contribution in [2.24, 2.45) is 50.2 Å². The van der Waals surface area contributed by atoms with Crippen molar-refractivity contribution in [3.05, 3.63) is 11.6 Å². The summed E-state index contributed by atoms with van der Waals surface area (Å²) in [7, 11) is 0. The van der Waals surface area contributed by atoms with E-state index in [9.17, 15) is 66.1 Å². The second-order valence-electron chi connectivity index (χ2n) is 23.4. The van der Waals surface area contributed by atoms with Gasteiger partial charge in [0.25, 0.3) is 0 Å². The molecule has 384 valence electrons. The van der Waals surface area contributed by atoms with E-state index in [1.165, 1.54) is 12.5 Å². The number of ether oxygens (including phenoxy) is 6. The van der Waals surface area contributed by atoms with Crippen LogP contribution in [0.25, 0.3) is 0 Å². The summed E-state index contributed by atoms with van der Waals surface area (Å²) in [5, 5.41) is 131. The van der Waals surface area contributed by atoms with Gasteiger partial charge in [0.15, 0.2) is 25.0 Å². The van der Waals surface area contributed by atoms with Gasteiger partial charge in [0.1, 0.15) is 61.0 Å². The molecule has 7 fully saturated rings. The quantitative estimate of drug-likeness (QED) is 0.0986. The van der Waals surface area contributed by atoms with Crippen molar-refractivity contribution in [2.45, 2.75) is 211 Å². The Morgan fingerprint density at radius 1 is 0.672 bits per heavy atom. The maximum atomic E-state index is 12.5. The number of fused-ring (bicyclic) bond motifs is 7. The minimum atomic E-state index is -2.05. The fourth-order valence-corrected chi connectivity index (χ4v) is 15.2. The number of carbonyl (C=O) groups is 1. The van der Waals surface area contributed by atoms with E-state index in [0.717, 1.165) is 38.5 Å². The van der Waals surface area contributed by atoms with Crippen LogP contribution in [0.3, 0.4) is 0 Å². The van der Waals surface area contributed by atoms with Crippen LogP contribution in [0, 0.1) is 50.2 Å². The zero-order chi connectivity index (χ0) is 49.1. The first-order valence-corrected chi connectivity index (χ1v) is 24.4. The van der Waals surface area contributed by atoms with Crippen LogP contribution in [-0.4, -0.2) is 191 Å². The van der Waals surface area contributed by atoms with Gasteiger partial charge < -0.3 is 89.7 Å². The Hall–Kier alpha value is -1.47. The van der Waals surface area contributed by atoms with Crippen molar-refractivity contribution in [1.82, 2.24) is 0 Å². The van der Waals surface area contributed by atoms with Gasteiger partial charge in [-0.3, -0.25) is 0 Å². The topological polar surface area (TPSA) is 315 Å². The maximum absolute atomic E-state index is 12.5. The molecule has 0 bridgehead atoms. The van der Waals surface area contributed by atoms with Crippen LogP contribution in [0.4, 0.5) is 0 Å². The smallest absolute Gasteiger partial charge is 0.335 e. The molecule has 0 aromatic carbocycles. The normalized spacial score (nSPS) is 55.3. The van der Waals surface area contributed by atoms with Crippen LogP contribution < -0.4 is 0 Å². The van der Waals surface area contributed by atoms with Crippen molar-refractivity contribution in [2.75, 3.05) is 19.8 Å². The van der Waals surface area contributed by atoms with Gasteiger partial charge in [-0.15, -0.1) is 0 Å². The SMILES string of the molecule is C[C@@H]1O[C@@H](O[C@H]2[C@H](O[C@H]3[C@H](O[C@H]4CC[C@]5(C)[C@H]6CC=C7[C@@H]8C[C@@](C)(CO)CC[C@]8(CO)C[C@@H](O)[C@@]7(C)[C@]6(C)CC[C@H]5C4(C)C)O[C@H](C(=O)O)[C@@H](O)[C@@H]3O)O[C@H](CO)[C@@H](O)[C@@H]2O)[C@H](O)[C@H](O)[C@H]1O. The lowest BCUT2D eigenvalue weighted by Crippen LogP contribution is -2.69. The highest BCUT2D eigenvalue weighted by Crippen LogP contribution is 2.76. The summed E-state index contributed by atoms with van der Waals surface area (Å²) in [5.41, 5.74) is -1.35. The van der Waals surface area contributed by atoms with E-state index in [1.54, 1.807) is 0 Å². The molecule has 4 saturated carbocycles. The van der Waals surface area contributed by atoms with E-state index in [-0.39, 0.29) is 47.2 Å². The lowest BCUT2D eigenvalue weighted by molar-refractivity contribution is -0.395. The van der Waals surface area contributed by atoms with Gasteiger partial charge in [0, 0.05) is 24.0 Å². The molecule has 3 aliphatic heterocycles. The number of hydrogen-bond donors (Lipinski definition) is 12. The van der Waals surface area contributed by atoms with Crippen molar-refractivity contribution in [3.8, 4) is 0 Å². The molecule has 0 radical (unpaired) electrons. The zero-order valence-electron chi connectivity index (χ0n) is 39.8. The number of allylic oxidation sites excluding steroid dienone is 1. The summed E-state index contributed by atoms with van der Waals surface area (Å²) in [6.45, 7) is 13.8. The lowest BCUT2D eigenvalue weighted by Gasteiger charge is -2.72. The third-order valence-corrected chi connectivity index (χ3v) is 19.7. The molecule has 0 spiro atoms. The van der Waals surface area contributed by atoms with Crippen LogP contribution in [0.2, 0.25) is 0 Å². The highest BCUT2D eigenvalue weighted by atomic mass is 16.8. The number of carboxylic acids is 1. The molecule has 25 atom stereocenters. The van der Waals surface area contributed by atoms with Gasteiger partial charge in [0.2, 0.25) is 0 Å². The van der Waals surface area contributed by atoms with Crippen molar-refractivity contribution >= 4 is 5.97 Å². The van der Waals surface area contributed by atoms with E-state index >= 15 is 0 Å². The molecule has 19 heteroatoms. The van der Waals surface area contributed by atoms with Gasteiger partial charge in [-0.25, -0.2) is 4.79 Å². The highest BCUT2D eigenvalue weighted by molar-refractivity contribution is 5.73. The van der Waals surface area contributed by atoms with E-state index in [0.29, 0.717) is 19.3 Å². The Morgan fingerprint density at radius 3 is 1.94 bits per heavy atom. The Bertz CT molecular complexity index is 1840. The minimum Gasteiger partial charge on any atom is -0.479 e. The fraction of sp³-hybridized carbons (Fsp3) is 0.938. The molecule has 67 heavy (non-hydrogen) atoms. The number of carboxylic acid groups (broad SMARTS) is 1. The molecule has 3 heterocycles. The molecular formula is C48H78O19. The third-order valence-electron chi connectivity index (χ3n) is 19.7. The van der Waals surface area contributed by atoms with Crippen LogP contribution in [0.1, 0.15) is 106 Å². The number of aliphatic carboxylic acids is 1. The standard InChI is InChI=1S/C48H78O19/c1-21-29(53)31(55)35(59)40(62-21)66-37-32(56)30(54)24(18-49)63-41(37)67-38-34(58)33(57)36(39(60)61)65-42(38)64-28-11-12-45(5)25(43(28,2)3)10-13-46(6)26(45)9-8-22-23-16-44(4,19-50)14-15-48(23,20-51)17-27(52)47(22,46)7/h8,21,23-38,40-42,49-59H,9-20H2,1-7H3,(H,60,61)/t21-,23-,24+,25-,26+,27+,28-,29-,30+,31+,32-,33-,34-,35+,36-,37+,38+,40-,41-,42+,44-,45-,46+,47-,48+/m0/s1. The molecule has 0 amide bonds. The summed E-state index contributed by atoms with van der Waals surface area (Å²) in [6.07, 6.45) is -18.8. The van der Waals surface area contributed by atoms with Crippen molar-refractivity contribution in [1.29, 1.82) is 0 Å². The Balaban J connectivity index is 1.07. The van der Waals surface area contributed by atoms with Crippen LogP contribution in [0.5, 0.6) is 0 Å². The van der Waals surface area contributed by atoms with Gasteiger partial charge >= 0.3 is 5.97 Å². The Morgan fingerprint density at radius 2 is 1.31 bits per heavy atom. The maximum Gasteiger partial charge on any atom is 0.335 e. The molecule has 12 N–H and O–H groups in total. The average Bonchev–Trinajstić information content (AvgIpc) is 3.28. The van der Waals surface area contributed by atoms with Gasteiger partial charge in [0.05, 0.1) is 24.9 Å². The second-order valence-corrected chi connectivity index (χ2v) is 23.4. The van der Waals surface area contributed by atoms with E-state index in [2.05, 4.69) is 47.6 Å². The summed E-state index contributed by atoms with van der Waals surface area (Å²) in [4.78, 5) is 12.5. The number of aliphatic hydroxyl groups excluding tert-OH is 11. The number of rotatable bonds is 10. The lowest BCUT2D eigenvalue weighted by atomic mass is 9.33. The molecule has 8 rings (SSSR count). The number of hydrogen-bond acceptors (Lipinski definition) is 18. The zero-order valence-corrected chi connectivity index (χ0v) is 39.8. The van der Waals surface area contributed by atoms with Gasteiger partial charge in [-0.1, -0.05) is 53.2 Å². The van der Waals surface area contributed by atoms with E-state index in [4.69, 9.17) is 28.4 Å². The molecule has 5 aliphatic carbocycles. The fourth-order valence-electron chi connectivity index (χ4n) is 15.2.